The molecule has 0 saturated heterocycles. The van der Waals surface area contributed by atoms with Crippen LogP contribution in [0.4, 0.5) is 5.69 Å². The van der Waals surface area contributed by atoms with Crippen LogP contribution in [0, 0.1) is 5.92 Å². The van der Waals surface area contributed by atoms with Crippen molar-refractivity contribution in [3.05, 3.63) is 29.8 Å². The molecule has 2 amide bonds. The molecule has 2 rings (SSSR count). The molecule has 0 unspecified atom stereocenters. The first kappa shape index (κ1) is 17.5. The van der Waals surface area contributed by atoms with Gasteiger partial charge < -0.3 is 10.6 Å². The van der Waals surface area contributed by atoms with E-state index in [1.165, 1.54) is 6.42 Å². The lowest BCUT2D eigenvalue weighted by Gasteiger charge is -2.36. The first-order valence-electron chi connectivity index (χ1n) is 8.69. The average Bonchev–Trinajstić information content (AvgIpc) is 2.56. The molecule has 0 aromatic heterocycles. The molecule has 4 nitrogen and oxygen atoms in total. The highest BCUT2D eigenvalue weighted by Gasteiger charge is 2.40. The van der Waals surface area contributed by atoms with Gasteiger partial charge in [0.25, 0.3) is 0 Å². The molecule has 1 aromatic carbocycles. The van der Waals surface area contributed by atoms with Crippen molar-refractivity contribution in [1.82, 2.24) is 5.32 Å². The number of hydrogen-bond acceptors (Lipinski definition) is 2. The van der Waals surface area contributed by atoms with E-state index in [1.807, 2.05) is 45.0 Å². The van der Waals surface area contributed by atoms with Crippen LogP contribution >= 0.6 is 0 Å². The lowest BCUT2D eigenvalue weighted by atomic mass is 9.68. The zero-order chi connectivity index (χ0) is 16.9. The normalized spacial score (nSPS) is 16.9. The van der Waals surface area contributed by atoms with Gasteiger partial charge in [0.05, 0.1) is 5.41 Å². The molecule has 0 spiro atoms. The van der Waals surface area contributed by atoms with Crippen molar-refractivity contribution in [3.8, 4) is 0 Å². The van der Waals surface area contributed by atoms with E-state index in [4.69, 9.17) is 0 Å². The van der Waals surface area contributed by atoms with Crippen LogP contribution in [-0.2, 0) is 15.0 Å². The predicted octanol–water partition coefficient (Wildman–Crippen LogP) is 3.62. The minimum absolute atomic E-state index is 0.00820. The van der Waals surface area contributed by atoms with E-state index in [0.29, 0.717) is 6.54 Å². The molecule has 1 aliphatic carbocycles. The molecule has 1 aliphatic rings. The second-order valence-corrected chi connectivity index (χ2v) is 6.72. The fourth-order valence-corrected chi connectivity index (χ4v) is 3.29. The summed E-state index contributed by atoms with van der Waals surface area (Å²) in [7, 11) is 0. The SMILES string of the molecule is CCNC(=O)C1(c2ccc(NC(=O)C(C)C)cc2)CCCCC1. The van der Waals surface area contributed by atoms with Crippen molar-refractivity contribution >= 4 is 17.5 Å². The molecule has 1 saturated carbocycles. The maximum absolute atomic E-state index is 12.7. The van der Waals surface area contributed by atoms with Crippen molar-refractivity contribution in [2.75, 3.05) is 11.9 Å². The molecule has 0 heterocycles. The highest BCUT2D eigenvalue weighted by molar-refractivity contribution is 5.92. The number of rotatable bonds is 5. The summed E-state index contributed by atoms with van der Waals surface area (Å²) < 4.78 is 0. The molecular formula is C19H28N2O2. The maximum Gasteiger partial charge on any atom is 0.230 e. The Balaban J connectivity index is 2.22. The molecule has 126 valence electrons. The van der Waals surface area contributed by atoms with E-state index >= 15 is 0 Å². The molecule has 1 fully saturated rings. The highest BCUT2D eigenvalue weighted by Crippen LogP contribution is 2.40. The van der Waals surface area contributed by atoms with Crippen LogP contribution in [0.25, 0.3) is 0 Å². The monoisotopic (exact) mass is 316 g/mol. The molecule has 0 bridgehead atoms. The Morgan fingerprint density at radius 1 is 1.09 bits per heavy atom. The molecule has 0 atom stereocenters. The average molecular weight is 316 g/mol. The fourth-order valence-electron chi connectivity index (χ4n) is 3.29. The first-order valence-corrected chi connectivity index (χ1v) is 8.69. The number of benzene rings is 1. The smallest absolute Gasteiger partial charge is 0.230 e. The van der Waals surface area contributed by atoms with E-state index in [1.54, 1.807) is 0 Å². The summed E-state index contributed by atoms with van der Waals surface area (Å²) in [5, 5.41) is 5.91. The van der Waals surface area contributed by atoms with E-state index in [-0.39, 0.29) is 17.7 Å². The molecule has 0 radical (unpaired) electrons. The zero-order valence-corrected chi connectivity index (χ0v) is 14.4. The molecule has 23 heavy (non-hydrogen) atoms. The predicted molar refractivity (Wildman–Crippen MR) is 93.4 cm³/mol. The van der Waals surface area contributed by atoms with Crippen molar-refractivity contribution in [2.45, 2.75) is 58.3 Å². The van der Waals surface area contributed by atoms with E-state index in [0.717, 1.165) is 36.9 Å². The Labute approximate surface area is 139 Å². The largest absolute Gasteiger partial charge is 0.356 e. The van der Waals surface area contributed by atoms with Gasteiger partial charge in [-0.3, -0.25) is 9.59 Å². The van der Waals surface area contributed by atoms with E-state index in [9.17, 15) is 9.59 Å². The van der Waals surface area contributed by atoms with Crippen LogP contribution in [0.5, 0.6) is 0 Å². The molecule has 1 aromatic rings. The van der Waals surface area contributed by atoms with Gasteiger partial charge in [0, 0.05) is 18.2 Å². The van der Waals surface area contributed by atoms with Gasteiger partial charge in [-0.15, -0.1) is 0 Å². The fraction of sp³-hybridized carbons (Fsp3) is 0.579. The number of hydrogen-bond donors (Lipinski definition) is 2. The third-order valence-corrected chi connectivity index (χ3v) is 4.71. The minimum atomic E-state index is -0.408. The first-order chi connectivity index (χ1) is 11.0. The van der Waals surface area contributed by atoms with Crippen LogP contribution in [-0.4, -0.2) is 18.4 Å². The Kier molecular flexibility index (Phi) is 5.80. The number of likely N-dealkylation sites (N-methyl/N-ethyl adjacent to an activating group) is 1. The summed E-state index contributed by atoms with van der Waals surface area (Å²) in [6, 6.07) is 7.81. The third-order valence-electron chi connectivity index (χ3n) is 4.71. The number of nitrogens with one attached hydrogen (secondary N) is 2. The summed E-state index contributed by atoms with van der Waals surface area (Å²) >= 11 is 0. The van der Waals surface area contributed by atoms with Gasteiger partial charge in [0.2, 0.25) is 11.8 Å². The summed E-state index contributed by atoms with van der Waals surface area (Å²) in [4.78, 5) is 24.5. The number of carbonyl (C=O) groups excluding carboxylic acids is 2. The number of amides is 2. The van der Waals surface area contributed by atoms with Crippen LogP contribution < -0.4 is 10.6 Å². The van der Waals surface area contributed by atoms with Crippen molar-refractivity contribution in [1.29, 1.82) is 0 Å². The third kappa shape index (κ3) is 3.92. The van der Waals surface area contributed by atoms with Gasteiger partial charge in [0.15, 0.2) is 0 Å². The second kappa shape index (κ2) is 7.62. The Morgan fingerprint density at radius 2 is 1.70 bits per heavy atom. The van der Waals surface area contributed by atoms with Crippen LogP contribution in [0.2, 0.25) is 0 Å². The summed E-state index contributed by atoms with van der Waals surface area (Å²) in [5.41, 5.74) is 1.44. The van der Waals surface area contributed by atoms with Gasteiger partial charge in [-0.1, -0.05) is 45.2 Å². The van der Waals surface area contributed by atoms with Gasteiger partial charge in [0.1, 0.15) is 0 Å². The quantitative estimate of drug-likeness (QED) is 0.871. The summed E-state index contributed by atoms with van der Waals surface area (Å²) in [6.07, 6.45) is 5.17. The molecular weight excluding hydrogens is 288 g/mol. The topological polar surface area (TPSA) is 58.2 Å². The summed E-state index contributed by atoms with van der Waals surface area (Å²) in [6.45, 7) is 6.35. The van der Waals surface area contributed by atoms with E-state index < -0.39 is 5.41 Å². The zero-order valence-electron chi connectivity index (χ0n) is 14.4. The highest BCUT2D eigenvalue weighted by atomic mass is 16.2. The van der Waals surface area contributed by atoms with Crippen LogP contribution in [0.3, 0.4) is 0 Å². The van der Waals surface area contributed by atoms with Crippen molar-refractivity contribution in [3.63, 3.8) is 0 Å². The lowest BCUT2D eigenvalue weighted by Crippen LogP contribution is -2.45. The Morgan fingerprint density at radius 3 is 2.22 bits per heavy atom. The Hall–Kier alpha value is -1.84. The van der Waals surface area contributed by atoms with E-state index in [2.05, 4.69) is 10.6 Å². The van der Waals surface area contributed by atoms with Crippen molar-refractivity contribution in [2.24, 2.45) is 5.92 Å². The van der Waals surface area contributed by atoms with Gasteiger partial charge in [-0.25, -0.2) is 0 Å². The maximum atomic E-state index is 12.7. The summed E-state index contributed by atoms with van der Waals surface area (Å²) in [5.74, 6) is 0.0993. The van der Waals surface area contributed by atoms with Gasteiger partial charge in [-0.05, 0) is 37.5 Å². The lowest BCUT2D eigenvalue weighted by molar-refractivity contribution is -0.128. The minimum Gasteiger partial charge on any atom is -0.356 e. The van der Waals surface area contributed by atoms with Gasteiger partial charge in [-0.2, -0.15) is 0 Å². The molecule has 0 aliphatic heterocycles. The van der Waals surface area contributed by atoms with Gasteiger partial charge >= 0.3 is 0 Å². The van der Waals surface area contributed by atoms with Crippen LogP contribution in [0.1, 0.15) is 58.4 Å². The molecule has 4 heteroatoms. The Bertz CT molecular complexity index is 543. The van der Waals surface area contributed by atoms with Crippen molar-refractivity contribution < 1.29 is 9.59 Å². The molecule has 2 N–H and O–H groups in total. The standard InChI is InChI=1S/C19H28N2O2/c1-4-20-18(23)19(12-6-5-7-13-19)15-8-10-16(11-9-15)21-17(22)14(2)3/h8-11,14H,4-7,12-13H2,1-3H3,(H,20,23)(H,21,22). The van der Waals surface area contributed by atoms with Crippen LogP contribution in [0.15, 0.2) is 24.3 Å². The number of anilines is 1. The second-order valence-electron chi connectivity index (χ2n) is 6.72. The number of carbonyl (C=O) groups is 2.